The monoisotopic (exact) mass is 369 g/mol. The SMILES string of the molecule is COc1ccc(OC)c(NC(=O)c2cc(Nc3cc(C)on3)nc(C)n2)c1. The van der Waals surface area contributed by atoms with E-state index in [1.807, 2.05) is 0 Å². The molecule has 140 valence electrons. The van der Waals surface area contributed by atoms with Gasteiger partial charge in [-0.2, -0.15) is 0 Å². The molecule has 2 aromatic heterocycles. The second kappa shape index (κ2) is 7.73. The van der Waals surface area contributed by atoms with Gasteiger partial charge in [0.05, 0.1) is 19.9 Å². The lowest BCUT2D eigenvalue weighted by molar-refractivity contribution is 0.102. The van der Waals surface area contributed by atoms with Crippen molar-refractivity contribution in [2.75, 3.05) is 24.9 Å². The third kappa shape index (κ3) is 4.32. The van der Waals surface area contributed by atoms with Crippen molar-refractivity contribution in [1.29, 1.82) is 0 Å². The molecule has 1 aromatic carbocycles. The summed E-state index contributed by atoms with van der Waals surface area (Å²) in [6, 6.07) is 8.37. The van der Waals surface area contributed by atoms with E-state index in [1.165, 1.54) is 13.2 Å². The fraction of sp³-hybridized carbons (Fsp3) is 0.222. The first-order chi connectivity index (χ1) is 13.0. The van der Waals surface area contributed by atoms with E-state index in [0.29, 0.717) is 40.4 Å². The summed E-state index contributed by atoms with van der Waals surface area (Å²) in [5.74, 6) is 2.70. The zero-order chi connectivity index (χ0) is 19.4. The third-order valence-electron chi connectivity index (χ3n) is 3.61. The van der Waals surface area contributed by atoms with Gasteiger partial charge in [-0.15, -0.1) is 0 Å². The summed E-state index contributed by atoms with van der Waals surface area (Å²) in [5.41, 5.74) is 0.662. The molecule has 0 unspecified atom stereocenters. The quantitative estimate of drug-likeness (QED) is 0.682. The van der Waals surface area contributed by atoms with Crippen LogP contribution in [0.2, 0.25) is 0 Å². The minimum absolute atomic E-state index is 0.190. The highest BCUT2D eigenvalue weighted by Crippen LogP contribution is 2.29. The Kier molecular flexibility index (Phi) is 5.20. The highest BCUT2D eigenvalue weighted by atomic mass is 16.5. The largest absolute Gasteiger partial charge is 0.497 e. The molecule has 0 spiro atoms. The van der Waals surface area contributed by atoms with E-state index in [1.54, 1.807) is 45.2 Å². The number of hydrogen-bond acceptors (Lipinski definition) is 8. The predicted octanol–water partition coefficient (Wildman–Crippen LogP) is 3.09. The van der Waals surface area contributed by atoms with Crippen molar-refractivity contribution in [3.05, 3.63) is 47.6 Å². The van der Waals surface area contributed by atoms with Crippen LogP contribution in [0.4, 0.5) is 17.3 Å². The van der Waals surface area contributed by atoms with Crippen molar-refractivity contribution in [3.63, 3.8) is 0 Å². The number of hydrogen-bond donors (Lipinski definition) is 2. The van der Waals surface area contributed by atoms with Crippen LogP contribution in [0.5, 0.6) is 11.5 Å². The second-order valence-electron chi connectivity index (χ2n) is 5.65. The fourth-order valence-corrected chi connectivity index (χ4v) is 2.40. The second-order valence-corrected chi connectivity index (χ2v) is 5.65. The molecule has 0 saturated carbocycles. The molecule has 3 rings (SSSR count). The molecule has 9 heteroatoms. The molecule has 1 amide bonds. The van der Waals surface area contributed by atoms with Crippen LogP contribution < -0.4 is 20.1 Å². The molecule has 0 atom stereocenters. The summed E-state index contributed by atoms with van der Waals surface area (Å²) >= 11 is 0. The van der Waals surface area contributed by atoms with Gasteiger partial charge in [-0.1, -0.05) is 5.16 Å². The number of carbonyl (C=O) groups excluding carboxylic acids is 1. The van der Waals surface area contributed by atoms with Gasteiger partial charge in [0, 0.05) is 18.2 Å². The Hall–Kier alpha value is -3.62. The molecular formula is C18H19N5O4. The van der Waals surface area contributed by atoms with Crippen molar-refractivity contribution in [3.8, 4) is 11.5 Å². The minimum Gasteiger partial charge on any atom is -0.497 e. The van der Waals surface area contributed by atoms with Crippen LogP contribution in [0.25, 0.3) is 0 Å². The first-order valence-electron chi connectivity index (χ1n) is 8.08. The molecule has 2 heterocycles. The standard InChI is InChI=1S/C18H19N5O4/c1-10-7-17(23-27-10)22-16-9-14(19-11(2)20-16)18(24)21-13-8-12(25-3)5-6-15(13)26-4/h5-9H,1-4H3,(H,21,24)(H,19,20,22,23). The number of anilines is 3. The van der Waals surface area contributed by atoms with E-state index in [2.05, 4.69) is 25.8 Å². The fourth-order valence-electron chi connectivity index (χ4n) is 2.40. The van der Waals surface area contributed by atoms with E-state index in [4.69, 9.17) is 14.0 Å². The van der Waals surface area contributed by atoms with E-state index in [0.717, 1.165) is 0 Å². The number of nitrogens with one attached hydrogen (secondary N) is 2. The Labute approximate surface area is 155 Å². The van der Waals surface area contributed by atoms with Crippen LogP contribution in [0.3, 0.4) is 0 Å². The molecule has 0 aliphatic rings. The molecule has 0 radical (unpaired) electrons. The van der Waals surface area contributed by atoms with Crippen molar-refractivity contribution in [2.45, 2.75) is 13.8 Å². The summed E-state index contributed by atoms with van der Waals surface area (Å²) in [6.07, 6.45) is 0. The average molecular weight is 369 g/mol. The van der Waals surface area contributed by atoms with Crippen LogP contribution in [-0.2, 0) is 0 Å². The molecule has 2 N–H and O–H groups in total. The maximum absolute atomic E-state index is 12.7. The number of methoxy groups -OCH3 is 2. The van der Waals surface area contributed by atoms with Crippen LogP contribution >= 0.6 is 0 Å². The van der Waals surface area contributed by atoms with Crippen LogP contribution in [0.15, 0.2) is 34.9 Å². The van der Waals surface area contributed by atoms with Gasteiger partial charge in [0.1, 0.15) is 34.6 Å². The first-order valence-corrected chi connectivity index (χ1v) is 8.08. The molecule has 27 heavy (non-hydrogen) atoms. The maximum atomic E-state index is 12.7. The van der Waals surface area contributed by atoms with Gasteiger partial charge in [0.25, 0.3) is 5.91 Å². The Morgan fingerprint density at radius 2 is 1.85 bits per heavy atom. The Morgan fingerprint density at radius 3 is 2.52 bits per heavy atom. The molecular weight excluding hydrogens is 350 g/mol. The van der Waals surface area contributed by atoms with E-state index >= 15 is 0 Å². The van der Waals surface area contributed by atoms with Gasteiger partial charge < -0.3 is 24.6 Å². The first kappa shape index (κ1) is 18.2. The van der Waals surface area contributed by atoms with Crippen molar-refractivity contribution < 1.29 is 18.8 Å². The minimum atomic E-state index is -0.411. The molecule has 0 bridgehead atoms. The van der Waals surface area contributed by atoms with Crippen LogP contribution in [-0.4, -0.2) is 35.3 Å². The summed E-state index contributed by atoms with van der Waals surface area (Å²) in [7, 11) is 3.07. The Bertz CT molecular complexity index is 970. The molecule has 0 aliphatic heterocycles. The zero-order valence-electron chi connectivity index (χ0n) is 15.4. The molecule has 0 saturated heterocycles. The Balaban J connectivity index is 1.84. The van der Waals surface area contributed by atoms with Crippen molar-refractivity contribution in [1.82, 2.24) is 15.1 Å². The number of rotatable bonds is 6. The zero-order valence-corrected chi connectivity index (χ0v) is 15.4. The molecule has 3 aromatic rings. The van der Waals surface area contributed by atoms with E-state index in [9.17, 15) is 4.79 Å². The molecule has 9 nitrogen and oxygen atoms in total. The highest BCUT2D eigenvalue weighted by molar-refractivity contribution is 6.04. The lowest BCUT2D eigenvalue weighted by atomic mass is 10.2. The number of carbonyl (C=O) groups is 1. The Morgan fingerprint density at radius 1 is 1.04 bits per heavy atom. The van der Waals surface area contributed by atoms with Gasteiger partial charge in [0.2, 0.25) is 0 Å². The number of benzene rings is 1. The van der Waals surface area contributed by atoms with E-state index < -0.39 is 5.91 Å². The van der Waals surface area contributed by atoms with Crippen molar-refractivity contribution in [2.24, 2.45) is 0 Å². The van der Waals surface area contributed by atoms with Gasteiger partial charge in [-0.05, 0) is 26.0 Å². The van der Waals surface area contributed by atoms with Gasteiger partial charge in [-0.3, -0.25) is 4.79 Å². The lowest BCUT2D eigenvalue weighted by Gasteiger charge is -2.12. The number of nitrogens with zero attached hydrogens (tertiary/aromatic N) is 3. The maximum Gasteiger partial charge on any atom is 0.274 e. The third-order valence-corrected chi connectivity index (χ3v) is 3.61. The summed E-state index contributed by atoms with van der Waals surface area (Å²) in [4.78, 5) is 21.1. The number of aryl methyl sites for hydroxylation is 2. The van der Waals surface area contributed by atoms with Crippen molar-refractivity contribution >= 4 is 23.2 Å². The normalized spacial score (nSPS) is 10.4. The number of ether oxygens (including phenoxy) is 2. The van der Waals surface area contributed by atoms with E-state index in [-0.39, 0.29) is 5.69 Å². The molecule has 0 fully saturated rings. The number of aromatic nitrogens is 3. The topological polar surface area (TPSA) is 111 Å². The van der Waals surface area contributed by atoms with Crippen LogP contribution in [0, 0.1) is 13.8 Å². The summed E-state index contributed by atoms with van der Waals surface area (Å²) in [5, 5.41) is 9.61. The van der Waals surface area contributed by atoms with Gasteiger partial charge in [0.15, 0.2) is 5.82 Å². The van der Waals surface area contributed by atoms with Gasteiger partial charge in [-0.25, -0.2) is 9.97 Å². The summed E-state index contributed by atoms with van der Waals surface area (Å²) in [6.45, 7) is 3.48. The lowest BCUT2D eigenvalue weighted by Crippen LogP contribution is -2.16. The molecule has 0 aliphatic carbocycles. The summed E-state index contributed by atoms with van der Waals surface area (Å²) < 4.78 is 15.5. The average Bonchev–Trinajstić information content (AvgIpc) is 3.05. The predicted molar refractivity (Wildman–Crippen MR) is 98.8 cm³/mol. The smallest absolute Gasteiger partial charge is 0.274 e. The van der Waals surface area contributed by atoms with Gasteiger partial charge >= 0.3 is 0 Å². The highest BCUT2D eigenvalue weighted by Gasteiger charge is 2.15. The van der Waals surface area contributed by atoms with Crippen LogP contribution in [0.1, 0.15) is 22.1 Å². The number of amides is 1.